The predicted molar refractivity (Wildman–Crippen MR) is 48.7 cm³/mol. The van der Waals surface area contributed by atoms with Crippen LogP contribution in [0.15, 0.2) is 12.1 Å². The Morgan fingerprint density at radius 2 is 2.12 bits per heavy atom. The third kappa shape index (κ3) is 3.58. The summed E-state index contributed by atoms with van der Waals surface area (Å²) in [5.41, 5.74) is 0.834. The van der Waals surface area contributed by atoms with E-state index in [0.717, 1.165) is 6.92 Å². The third-order valence-electron chi connectivity index (χ3n) is 1.40. The average molecular weight is 255 g/mol. The predicted octanol–water partition coefficient (Wildman–Crippen LogP) is 2.18. The van der Waals surface area contributed by atoms with Crippen LogP contribution >= 0.6 is 11.6 Å². The largest absolute Gasteiger partial charge is 0.416 e. The number of nitrogens with zero attached hydrogens (tertiary/aromatic N) is 1. The van der Waals surface area contributed by atoms with E-state index >= 15 is 0 Å². The number of halogens is 4. The fourth-order valence-corrected chi connectivity index (χ4v) is 1.01. The Balaban J connectivity index is 2.94. The van der Waals surface area contributed by atoms with Crippen LogP contribution in [-0.2, 0) is 11.0 Å². The summed E-state index contributed by atoms with van der Waals surface area (Å²) in [5, 5.41) is -0.379. The van der Waals surface area contributed by atoms with Crippen molar-refractivity contribution in [2.24, 2.45) is 0 Å². The zero-order valence-corrected chi connectivity index (χ0v) is 8.69. The zero-order chi connectivity index (χ0) is 12.3. The van der Waals surface area contributed by atoms with Gasteiger partial charge in [-0.1, -0.05) is 11.6 Å². The number of amides is 1. The summed E-state index contributed by atoms with van der Waals surface area (Å²) in [7, 11) is 0. The highest BCUT2D eigenvalue weighted by molar-refractivity contribution is 6.29. The molecule has 0 spiro atoms. The van der Waals surface area contributed by atoms with Gasteiger partial charge in [0.1, 0.15) is 5.15 Å². The normalized spacial score (nSPS) is 11.1. The maximum absolute atomic E-state index is 12.3. The molecule has 8 heteroatoms. The molecule has 0 radical (unpaired) electrons. The molecule has 0 aromatic carbocycles. The zero-order valence-electron chi connectivity index (χ0n) is 7.93. The van der Waals surface area contributed by atoms with Crippen molar-refractivity contribution in [3.8, 4) is 5.88 Å². The molecule has 0 aliphatic carbocycles. The Morgan fingerprint density at radius 1 is 1.50 bits per heavy atom. The van der Waals surface area contributed by atoms with Crippen molar-refractivity contribution in [1.29, 1.82) is 0 Å². The molecule has 0 bridgehead atoms. The van der Waals surface area contributed by atoms with Gasteiger partial charge in [-0.2, -0.15) is 23.6 Å². The van der Waals surface area contributed by atoms with Gasteiger partial charge in [-0.15, -0.1) is 0 Å². The van der Waals surface area contributed by atoms with Crippen LogP contribution in [0.3, 0.4) is 0 Å². The number of hydrogen-bond donors (Lipinski definition) is 1. The van der Waals surface area contributed by atoms with Crippen LogP contribution in [0.1, 0.15) is 12.5 Å². The molecule has 1 aromatic heterocycles. The maximum Gasteiger partial charge on any atom is 0.416 e. The first-order chi connectivity index (χ1) is 7.29. The highest BCUT2D eigenvalue weighted by atomic mass is 35.5. The first-order valence-electron chi connectivity index (χ1n) is 3.97. The molecule has 0 aliphatic heterocycles. The standard InChI is InChI=1S/C8H6ClF3N2O2/c1-4(15)14-16-7-3-5(8(10,11)12)2-6(9)13-7/h2-3H,1H3,(H,14,15). The van der Waals surface area contributed by atoms with Gasteiger partial charge in [-0.3, -0.25) is 4.79 Å². The summed E-state index contributed by atoms with van der Waals surface area (Å²) in [6, 6.07) is 1.28. The van der Waals surface area contributed by atoms with Crippen molar-refractivity contribution < 1.29 is 22.8 Å². The van der Waals surface area contributed by atoms with Gasteiger partial charge in [0.25, 0.3) is 0 Å². The third-order valence-corrected chi connectivity index (χ3v) is 1.59. The van der Waals surface area contributed by atoms with Crippen LogP contribution in [-0.4, -0.2) is 10.9 Å². The maximum atomic E-state index is 12.3. The highest BCUT2D eigenvalue weighted by Crippen LogP contribution is 2.32. The first-order valence-corrected chi connectivity index (χ1v) is 4.35. The van der Waals surface area contributed by atoms with Gasteiger partial charge in [-0.25, -0.2) is 0 Å². The van der Waals surface area contributed by atoms with Crippen molar-refractivity contribution in [3.63, 3.8) is 0 Å². The second kappa shape index (κ2) is 4.56. The van der Waals surface area contributed by atoms with Gasteiger partial charge in [0.05, 0.1) is 5.56 Å². The van der Waals surface area contributed by atoms with E-state index in [1.807, 2.05) is 5.48 Å². The summed E-state index contributed by atoms with van der Waals surface area (Å²) in [6.07, 6.45) is -4.55. The molecular formula is C8H6ClF3N2O2. The van der Waals surface area contributed by atoms with Gasteiger partial charge in [0.2, 0.25) is 11.8 Å². The molecule has 1 amide bonds. The van der Waals surface area contributed by atoms with Gasteiger partial charge < -0.3 is 4.84 Å². The molecule has 4 nitrogen and oxygen atoms in total. The Morgan fingerprint density at radius 3 is 2.62 bits per heavy atom. The quantitative estimate of drug-likeness (QED) is 0.650. The van der Waals surface area contributed by atoms with Gasteiger partial charge in [0, 0.05) is 13.0 Å². The monoisotopic (exact) mass is 254 g/mol. The minimum Gasteiger partial charge on any atom is -0.359 e. The van der Waals surface area contributed by atoms with Gasteiger partial charge in [0.15, 0.2) is 0 Å². The summed E-state index contributed by atoms with van der Waals surface area (Å²) < 4.78 is 37.0. The highest BCUT2D eigenvalue weighted by Gasteiger charge is 2.31. The van der Waals surface area contributed by atoms with Gasteiger partial charge in [-0.05, 0) is 6.07 Å². The minimum absolute atomic E-state index is 0.379. The smallest absolute Gasteiger partial charge is 0.359 e. The Hall–Kier alpha value is -1.50. The molecule has 88 valence electrons. The topological polar surface area (TPSA) is 51.2 Å². The lowest BCUT2D eigenvalue weighted by Gasteiger charge is -2.09. The summed E-state index contributed by atoms with van der Waals surface area (Å²) in [6.45, 7) is 1.13. The number of rotatable bonds is 2. The van der Waals surface area contributed by atoms with E-state index < -0.39 is 23.5 Å². The fourth-order valence-electron chi connectivity index (χ4n) is 0.813. The number of hydroxylamine groups is 1. The van der Waals surface area contributed by atoms with Crippen LogP contribution in [0.2, 0.25) is 5.15 Å². The molecule has 0 aliphatic rings. The second-order valence-electron chi connectivity index (χ2n) is 2.77. The molecule has 0 saturated carbocycles. The molecule has 1 N–H and O–H groups in total. The lowest BCUT2D eigenvalue weighted by atomic mass is 10.2. The number of hydrogen-bond acceptors (Lipinski definition) is 3. The Bertz CT molecular complexity index is 409. The number of carbonyl (C=O) groups is 1. The molecule has 1 rings (SSSR count). The lowest BCUT2D eigenvalue weighted by Crippen LogP contribution is -2.24. The number of carbonyl (C=O) groups excluding carboxylic acids is 1. The van der Waals surface area contributed by atoms with Crippen LogP contribution in [0.5, 0.6) is 5.88 Å². The average Bonchev–Trinajstić information content (AvgIpc) is 2.12. The van der Waals surface area contributed by atoms with Crippen molar-refractivity contribution >= 4 is 17.5 Å². The van der Waals surface area contributed by atoms with E-state index in [2.05, 4.69) is 9.82 Å². The number of aromatic nitrogens is 1. The van der Waals surface area contributed by atoms with Crippen LogP contribution < -0.4 is 10.3 Å². The molecular weight excluding hydrogens is 249 g/mol. The van der Waals surface area contributed by atoms with Crippen molar-refractivity contribution in [1.82, 2.24) is 10.5 Å². The second-order valence-corrected chi connectivity index (χ2v) is 3.16. The Kier molecular flexibility index (Phi) is 3.58. The summed E-state index contributed by atoms with van der Waals surface area (Å²) >= 11 is 5.37. The summed E-state index contributed by atoms with van der Waals surface area (Å²) in [4.78, 5) is 18.4. The van der Waals surface area contributed by atoms with Crippen molar-refractivity contribution in [2.75, 3.05) is 0 Å². The van der Waals surface area contributed by atoms with Crippen molar-refractivity contribution in [2.45, 2.75) is 13.1 Å². The number of nitrogens with one attached hydrogen (secondary N) is 1. The first kappa shape index (κ1) is 12.6. The molecule has 0 unspecified atom stereocenters. The molecule has 0 fully saturated rings. The van der Waals surface area contributed by atoms with E-state index in [9.17, 15) is 18.0 Å². The molecule has 1 aromatic rings. The van der Waals surface area contributed by atoms with E-state index in [4.69, 9.17) is 11.6 Å². The molecule has 0 atom stereocenters. The fraction of sp³-hybridized carbons (Fsp3) is 0.250. The van der Waals surface area contributed by atoms with Crippen LogP contribution in [0.4, 0.5) is 13.2 Å². The molecule has 0 saturated heterocycles. The number of pyridine rings is 1. The van der Waals surface area contributed by atoms with E-state index in [1.165, 1.54) is 0 Å². The molecule has 16 heavy (non-hydrogen) atoms. The van der Waals surface area contributed by atoms with E-state index in [1.54, 1.807) is 0 Å². The Labute approximate surface area is 93.3 Å². The van der Waals surface area contributed by atoms with E-state index in [0.29, 0.717) is 12.1 Å². The van der Waals surface area contributed by atoms with E-state index in [-0.39, 0.29) is 5.15 Å². The number of alkyl halides is 3. The van der Waals surface area contributed by atoms with Crippen LogP contribution in [0.25, 0.3) is 0 Å². The SMILES string of the molecule is CC(=O)NOc1cc(C(F)(F)F)cc(Cl)n1. The molecule has 1 heterocycles. The summed E-state index contributed by atoms with van der Waals surface area (Å²) in [5.74, 6) is -1.01. The van der Waals surface area contributed by atoms with Gasteiger partial charge >= 0.3 is 6.18 Å². The van der Waals surface area contributed by atoms with Crippen LogP contribution in [0, 0.1) is 0 Å². The van der Waals surface area contributed by atoms with Crippen molar-refractivity contribution in [3.05, 3.63) is 22.8 Å². The minimum atomic E-state index is -4.55. The lowest BCUT2D eigenvalue weighted by molar-refractivity contribution is -0.137.